The van der Waals surface area contributed by atoms with Crippen LogP contribution in [0.3, 0.4) is 0 Å². The van der Waals surface area contributed by atoms with E-state index in [2.05, 4.69) is 26.1 Å². The Labute approximate surface area is 115 Å². The van der Waals surface area contributed by atoms with E-state index >= 15 is 0 Å². The van der Waals surface area contributed by atoms with Crippen LogP contribution in [0.25, 0.3) is 0 Å². The summed E-state index contributed by atoms with van der Waals surface area (Å²) < 4.78 is 0. The molecule has 2 bridgehead atoms. The van der Waals surface area contributed by atoms with E-state index in [9.17, 15) is 9.59 Å². The fourth-order valence-corrected chi connectivity index (χ4v) is 4.01. The molecule has 0 aliphatic heterocycles. The zero-order valence-corrected chi connectivity index (χ0v) is 12.9. The average molecular weight is 266 g/mol. The van der Waals surface area contributed by atoms with E-state index in [0.29, 0.717) is 11.7 Å². The fraction of sp³-hybridized carbons (Fsp3) is 0.867. The lowest BCUT2D eigenvalue weighted by atomic mass is 9.70. The Bertz CT molecular complexity index is 416. The van der Waals surface area contributed by atoms with Crippen molar-refractivity contribution in [2.45, 2.75) is 52.6 Å². The highest BCUT2D eigenvalue weighted by atomic mass is 16.2. The van der Waals surface area contributed by atoms with E-state index in [-0.39, 0.29) is 28.8 Å². The number of Topliss-reactive ketones (excluding diaryl/α,β-unsaturated/α-hetero) is 1. The van der Waals surface area contributed by atoms with Gasteiger partial charge in [0.1, 0.15) is 0 Å². The minimum absolute atomic E-state index is 0.0264. The summed E-state index contributed by atoms with van der Waals surface area (Å²) in [5, 5.41) is 3.28. The van der Waals surface area contributed by atoms with Crippen LogP contribution in [-0.2, 0) is 9.59 Å². The summed E-state index contributed by atoms with van der Waals surface area (Å²) in [6, 6.07) is -0.463. The highest BCUT2D eigenvalue weighted by Gasteiger charge is 2.66. The molecule has 2 rings (SSSR count). The number of rotatable bonds is 3. The number of amides is 1. The van der Waals surface area contributed by atoms with Gasteiger partial charge in [-0.2, -0.15) is 0 Å². The maximum absolute atomic E-state index is 12.6. The number of likely N-dealkylation sites (N-methyl/N-ethyl adjacent to an activating group) is 1. The Hall–Kier alpha value is -0.900. The molecule has 1 amide bonds. The number of carbonyl (C=O) groups is 2. The van der Waals surface area contributed by atoms with E-state index in [1.807, 2.05) is 6.92 Å². The third-order valence-electron chi connectivity index (χ3n) is 5.77. The van der Waals surface area contributed by atoms with Gasteiger partial charge in [-0.05, 0) is 31.1 Å². The van der Waals surface area contributed by atoms with Crippen molar-refractivity contribution in [2.75, 3.05) is 14.1 Å². The molecular formula is C15H26N2O2. The molecule has 0 spiro atoms. The number of hydrogen-bond donors (Lipinski definition) is 1. The van der Waals surface area contributed by atoms with Gasteiger partial charge in [0, 0.05) is 19.5 Å². The Morgan fingerprint density at radius 3 is 2.37 bits per heavy atom. The summed E-state index contributed by atoms with van der Waals surface area (Å²) >= 11 is 0. The predicted molar refractivity (Wildman–Crippen MR) is 74.7 cm³/mol. The maximum atomic E-state index is 12.6. The van der Waals surface area contributed by atoms with E-state index < -0.39 is 0 Å². The Balaban J connectivity index is 2.16. The second-order valence-corrected chi connectivity index (χ2v) is 7.16. The van der Waals surface area contributed by atoms with Crippen LogP contribution in [0.2, 0.25) is 0 Å². The molecule has 19 heavy (non-hydrogen) atoms. The van der Waals surface area contributed by atoms with E-state index in [4.69, 9.17) is 0 Å². The van der Waals surface area contributed by atoms with Gasteiger partial charge >= 0.3 is 0 Å². The van der Waals surface area contributed by atoms with Gasteiger partial charge in [0.25, 0.3) is 0 Å². The van der Waals surface area contributed by atoms with Crippen molar-refractivity contribution in [2.24, 2.45) is 16.7 Å². The minimum Gasteiger partial charge on any atom is -0.347 e. The molecule has 0 aromatic heterocycles. The molecule has 108 valence electrons. The van der Waals surface area contributed by atoms with Gasteiger partial charge in [-0.1, -0.05) is 20.8 Å². The molecular weight excluding hydrogens is 240 g/mol. The van der Waals surface area contributed by atoms with E-state index in [1.54, 1.807) is 19.0 Å². The smallest absolute Gasteiger partial charge is 0.238 e. The molecule has 2 saturated carbocycles. The summed E-state index contributed by atoms with van der Waals surface area (Å²) in [6.45, 7) is 8.33. The Morgan fingerprint density at radius 1 is 1.37 bits per heavy atom. The van der Waals surface area contributed by atoms with Crippen LogP contribution >= 0.6 is 0 Å². The van der Waals surface area contributed by atoms with Crippen molar-refractivity contribution >= 4 is 11.7 Å². The largest absolute Gasteiger partial charge is 0.347 e. The molecule has 0 saturated heterocycles. The molecule has 0 heterocycles. The van der Waals surface area contributed by atoms with Gasteiger partial charge in [-0.25, -0.2) is 0 Å². The van der Waals surface area contributed by atoms with Crippen molar-refractivity contribution in [1.29, 1.82) is 0 Å². The molecule has 4 nitrogen and oxygen atoms in total. The molecule has 4 atom stereocenters. The third kappa shape index (κ3) is 1.83. The first-order chi connectivity index (χ1) is 8.63. The highest BCUT2D eigenvalue weighted by Crippen LogP contribution is 2.63. The van der Waals surface area contributed by atoms with Crippen LogP contribution in [0.4, 0.5) is 0 Å². The summed E-state index contributed by atoms with van der Waals surface area (Å²) in [7, 11) is 3.49. The van der Waals surface area contributed by atoms with Gasteiger partial charge in [0.15, 0.2) is 5.78 Å². The maximum Gasteiger partial charge on any atom is 0.238 e. The molecule has 2 aliphatic carbocycles. The van der Waals surface area contributed by atoms with Crippen LogP contribution in [0, 0.1) is 16.7 Å². The molecule has 1 N–H and O–H groups in total. The quantitative estimate of drug-likeness (QED) is 0.841. The number of fused-ring (bicyclic) bond motifs is 2. The van der Waals surface area contributed by atoms with Gasteiger partial charge in [0.05, 0.1) is 12.1 Å². The number of nitrogens with one attached hydrogen (secondary N) is 1. The monoisotopic (exact) mass is 266 g/mol. The molecule has 2 fully saturated rings. The first kappa shape index (κ1) is 14.5. The summed E-state index contributed by atoms with van der Waals surface area (Å²) in [5.41, 5.74) is -0.196. The zero-order valence-electron chi connectivity index (χ0n) is 12.9. The number of nitrogens with zero attached hydrogens (tertiary/aromatic N) is 1. The minimum atomic E-state index is -0.303. The Morgan fingerprint density at radius 2 is 1.95 bits per heavy atom. The summed E-state index contributed by atoms with van der Waals surface area (Å²) in [5.74, 6) is 0.674. The van der Waals surface area contributed by atoms with Crippen LogP contribution in [0.1, 0.15) is 40.5 Å². The average Bonchev–Trinajstić information content (AvgIpc) is 2.62. The van der Waals surface area contributed by atoms with Crippen LogP contribution in [-0.4, -0.2) is 42.8 Å². The van der Waals surface area contributed by atoms with Crippen molar-refractivity contribution in [3.63, 3.8) is 0 Å². The SMILES string of the molecule is CC(NC1C(=O)C2(C)CCC1C2(C)C)C(=O)N(C)C. The van der Waals surface area contributed by atoms with Crippen molar-refractivity contribution in [1.82, 2.24) is 10.2 Å². The van der Waals surface area contributed by atoms with Gasteiger partial charge in [-0.3, -0.25) is 14.9 Å². The lowest BCUT2D eigenvalue weighted by molar-refractivity contribution is -0.132. The van der Waals surface area contributed by atoms with Gasteiger partial charge < -0.3 is 4.90 Å². The fourth-order valence-electron chi connectivity index (χ4n) is 4.01. The molecule has 0 radical (unpaired) electrons. The topological polar surface area (TPSA) is 49.4 Å². The summed E-state index contributed by atoms with van der Waals surface area (Å²) in [4.78, 5) is 26.2. The number of carbonyl (C=O) groups excluding carboxylic acids is 2. The van der Waals surface area contributed by atoms with E-state index in [0.717, 1.165) is 12.8 Å². The van der Waals surface area contributed by atoms with Gasteiger partial charge in [0.2, 0.25) is 5.91 Å². The van der Waals surface area contributed by atoms with Crippen LogP contribution in [0.15, 0.2) is 0 Å². The van der Waals surface area contributed by atoms with Crippen LogP contribution in [0.5, 0.6) is 0 Å². The van der Waals surface area contributed by atoms with E-state index in [1.165, 1.54) is 0 Å². The lowest BCUT2D eigenvalue weighted by Crippen LogP contribution is -2.52. The summed E-state index contributed by atoms with van der Waals surface area (Å²) in [6.07, 6.45) is 2.06. The first-order valence-corrected chi connectivity index (χ1v) is 7.14. The number of hydrogen-bond acceptors (Lipinski definition) is 3. The first-order valence-electron chi connectivity index (χ1n) is 7.14. The Kier molecular flexibility index (Phi) is 3.28. The number of ketones is 1. The standard InChI is InChI=1S/C15H26N2O2/c1-9(13(19)17(5)6)16-11-10-7-8-15(4,12(11)18)14(10,2)3/h9-11,16H,7-8H2,1-6H3. The van der Waals surface area contributed by atoms with Gasteiger partial charge in [-0.15, -0.1) is 0 Å². The molecule has 4 unspecified atom stereocenters. The second-order valence-electron chi connectivity index (χ2n) is 7.16. The molecule has 0 aromatic rings. The van der Waals surface area contributed by atoms with Crippen molar-refractivity contribution in [3.05, 3.63) is 0 Å². The molecule has 4 heteroatoms. The molecule has 0 aromatic carbocycles. The van der Waals surface area contributed by atoms with Crippen molar-refractivity contribution in [3.8, 4) is 0 Å². The third-order valence-corrected chi connectivity index (χ3v) is 5.77. The normalized spacial score (nSPS) is 37.5. The lowest BCUT2D eigenvalue weighted by Gasteiger charge is -2.32. The predicted octanol–water partition coefficient (Wildman–Crippen LogP) is 1.45. The highest BCUT2D eigenvalue weighted by molar-refractivity contribution is 5.95. The second kappa shape index (κ2) is 4.30. The zero-order chi connectivity index (χ0) is 14.6. The van der Waals surface area contributed by atoms with Crippen molar-refractivity contribution < 1.29 is 9.59 Å². The molecule has 2 aliphatic rings. The van der Waals surface area contributed by atoms with Crippen LogP contribution < -0.4 is 5.32 Å².